The molecule has 0 bridgehead atoms. The standard InChI is InChI=1S/C13H13F3N4O/c1-8-10(3-4-11(19-8)13(14,15)16)12(21)20(2)6-9-5-17-7-18-9/h3-5,7H,6H2,1-2H3,(H,17,18). The Hall–Kier alpha value is -2.38. The topological polar surface area (TPSA) is 61.9 Å². The molecular weight excluding hydrogens is 285 g/mol. The van der Waals surface area contributed by atoms with Gasteiger partial charge in [0.25, 0.3) is 5.91 Å². The fraction of sp³-hybridized carbons (Fsp3) is 0.308. The summed E-state index contributed by atoms with van der Waals surface area (Å²) < 4.78 is 37.6. The second-order valence-electron chi connectivity index (χ2n) is 4.57. The number of aromatic amines is 1. The minimum atomic E-state index is -4.52. The summed E-state index contributed by atoms with van der Waals surface area (Å²) in [6.07, 6.45) is -1.46. The lowest BCUT2D eigenvalue weighted by atomic mass is 10.1. The molecule has 5 nitrogen and oxygen atoms in total. The van der Waals surface area contributed by atoms with Gasteiger partial charge < -0.3 is 9.88 Å². The first-order chi connectivity index (χ1) is 9.79. The van der Waals surface area contributed by atoms with Gasteiger partial charge in [0.05, 0.1) is 29.8 Å². The molecule has 0 fully saturated rings. The fourth-order valence-corrected chi connectivity index (χ4v) is 1.85. The molecule has 0 aromatic carbocycles. The molecule has 0 atom stereocenters. The Labute approximate surface area is 118 Å². The van der Waals surface area contributed by atoms with Crippen molar-refractivity contribution in [3.8, 4) is 0 Å². The van der Waals surface area contributed by atoms with Gasteiger partial charge in [-0.1, -0.05) is 0 Å². The Morgan fingerprint density at radius 2 is 2.10 bits per heavy atom. The largest absolute Gasteiger partial charge is 0.433 e. The van der Waals surface area contributed by atoms with Gasteiger partial charge >= 0.3 is 6.18 Å². The number of nitrogens with zero attached hydrogens (tertiary/aromatic N) is 3. The van der Waals surface area contributed by atoms with E-state index in [0.717, 1.165) is 17.8 Å². The van der Waals surface area contributed by atoms with E-state index < -0.39 is 17.8 Å². The van der Waals surface area contributed by atoms with Crippen molar-refractivity contribution in [3.63, 3.8) is 0 Å². The predicted molar refractivity (Wildman–Crippen MR) is 68.4 cm³/mol. The number of aromatic nitrogens is 3. The van der Waals surface area contributed by atoms with Crippen LogP contribution < -0.4 is 0 Å². The Kier molecular flexibility index (Phi) is 3.97. The summed E-state index contributed by atoms with van der Waals surface area (Å²) in [5.41, 5.74) is -0.0903. The summed E-state index contributed by atoms with van der Waals surface area (Å²) >= 11 is 0. The smallest absolute Gasteiger partial charge is 0.347 e. The molecular formula is C13H13F3N4O. The molecule has 0 aliphatic rings. The van der Waals surface area contributed by atoms with Crippen molar-refractivity contribution in [2.75, 3.05) is 7.05 Å². The summed E-state index contributed by atoms with van der Waals surface area (Å²) in [6, 6.07) is 1.96. The van der Waals surface area contributed by atoms with Crippen LogP contribution in [0.3, 0.4) is 0 Å². The van der Waals surface area contributed by atoms with Crippen molar-refractivity contribution in [2.24, 2.45) is 0 Å². The van der Waals surface area contributed by atoms with Crippen molar-refractivity contribution in [2.45, 2.75) is 19.6 Å². The zero-order valence-corrected chi connectivity index (χ0v) is 11.4. The van der Waals surface area contributed by atoms with Crippen LogP contribution in [0, 0.1) is 6.92 Å². The highest BCUT2D eigenvalue weighted by atomic mass is 19.4. The number of hydrogen-bond donors (Lipinski definition) is 1. The molecule has 112 valence electrons. The van der Waals surface area contributed by atoms with E-state index in [1.807, 2.05) is 0 Å². The summed E-state index contributed by atoms with van der Waals surface area (Å²) in [7, 11) is 1.56. The molecule has 2 aromatic heterocycles. The van der Waals surface area contributed by atoms with Gasteiger partial charge in [0.15, 0.2) is 0 Å². The third-order valence-electron chi connectivity index (χ3n) is 2.92. The molecule has 0 unspecified atom stereocenters. The van der Waals surface area contributed by atoms with Gasteiger partial charge in [-0.05, 0) is 19.1 Å². The SMILES string of the molecule is Cc1nc(C(F)(F)F)ccc1C(=O)N(C)Cc1cnc[nH]1. The molecule has 1 N–H and O–H groups in total. The Bertz CT molecular complexity index is 637. The maximum absolute atomic E-state index is 12.5. The number of halogens is 3. The zero-order chi connectivity index (χ0) is 15.6. The zero-order valence-electron chi connectivity index (χ0n) is 11.4. The lowest BCUT2D eigenvalue weighted by Gasteiger charge is -2.17. The van der Waals surface area contributed by atoms with E-state index in [0.29, 0.717) is 0 Å². The predicted octanol–water partition coefficient (Wildman–Crippen LogP) is 2.40. The Balaban J connectivity index is 2.19. The summed E-state index contributed by atoms with van der Waals surface area (Å²) in [6.45, 7) is 1.66. The van der Waals surface area contributed by atoms with Gasteiger partial charge in [-0.3, -0.25) is 4.79 Å². The fourth-order valence-electron chi connectivity index (χ4n) is 1.85. The van der Waals surface area contributed by atoms with Gasteiger partial charge in [-0.2, -0.15) is 13.2 Å². The summed E-state index contributed by atoms with van der Waals surface area (Å²) in [5, 5.41) is 0. The minimum Gasteiger partial charge on any atom is -0.347 e. The van der Waals surface area contributed by atoms with Crippen LogP contribution in [0.5, 0.6) is 0 Å². The van der Waals surface area contributed by atoms with Gasteiger partial charge in [0.2, 0.25) is 0 Å². The molecule has 2 heterocycles. The van der Waals surface area contributed by atoms with Crippen molar-refractivity contribution in [1.82, 2.24) is 19.9 Å². The molecule has 21 heavy (non-hydrogen) atoms. The van der Waals surface area contributed by atoms with Crippen molar-refractivity contribution in [3.05, 3.63) is 47.3 Å². The maximum atomic E-state index is 12.5. The van der Waals surface area contributed by atoms with Gasteiger partial charge in [-0.15, -0.1) is 0 Å². The average molecular weight is 298 g/mol. The normalized spacial score (nSPS) is 11.5. The first-order valence-electron chi connectivity index (χ1n) is 6.06. The van der Waals surface area contributed by atoms with Crippen LogP contribution in [0.2, 0.25) is 0 Å². The van der Waals surface area contributed by atoms with Crippen LogP contribution in [0.4, 0.5) is 13.2 Å². The highest BCUT2D eigenvalue weighted by Gasteiger charge is 2.33. The van der Waals surface area contributed by atoms with Crippen LogP contribution >= 0.6 is 0 Å². The number of nitrogens with one attached hydrogen (secondary N) is 1. The van der Waals surface area contributed by atoms with Gasteiger partial charge in [0, 0.05) is 13.2 Å². The number of carbonyl (C=O) groups excluding carboxylic acids is 1. The quantitative estimate of drug-likeness (QED) is 0.946. The number of amides is 1. The molecule has 0 aliphatic heterocycles. The number of imidazole rings is 1. The summed E-state index contributed by atoms with van der Waals surface area (Å²) in [5.74, 6) is -0.400. The molecule has 0 spiro atoms. The summed E-state index contributed by atoms with van der Waals surface area (Å²) in [4.78, 5) is 23.7. The van der Waals surface area contributed by atoms with E-state index in [9.17, 15) is 18.0 Å². The van der Waals surface area contributed by atoms with E-state index in [4.69, 9.17) is 0 Å². The van der Waals surface area contributed by atoms with Crippen LogP contribution in [-0.2, 0) is 12.7 Å². The number of aryl methyl sites for hydroxylation is 1. The Morgan fingerprint density at radius 3 is 2.62 bits per heavy atom. The number of carbonyl (C=O) groups is 1. The maximum Gasteiger partial charge on any atom is 0.433 e. The number of pyridine rings is 1. The minimum absolute atomic E-state index is 0.0475. The van der Waals surface area contributed by atoms with E-state index in [-0.39, 0.29) is 17.8 Å². The highest BCUT2D eigenvalue weighted by molar-refractivity contribution is 5.95. The third kappa shape index (κ3) is 3.39. The van der Waals surface area contributed by atoms with Gasteiger partial charge in [-0.25, -0.2) is 9.97 Å². The second kappa shape index (κ2) is 5.55. The lowest BCUT2D eigenvalue weighted by Crippen LogP contribution is -2.27. The molecule has 0 saturated carbocycles. The molecule has 0 radical (unpaired) electrons. The van der Waals surface area contributed by atoms with Gasteiger partial charge in [0.1, 0.15) is 5.69 Å². The van der Waals surface area contributed by atoms with Crippen molar-refractivity contribution < 1.29 is 18.0 Å². The van der Waals surface area contributed by atoms with Crippen LogP contribution in [0.25, 0.3) is 0 Å². The van der Waals surface area contributed by atoms with E-state index in [1.54, 1.807) is 13.2 Å². The number of H-pyrrole nitrogens is 1. The monoisotopic (exact) mass is 298 g/mol. The third-order valence-corrected chi connectivity index (χ3v) is 2.92. The average Bonchev–Trinajstić information content (AvgIpc) is 2.89. The molecule has 2 aromatic rings. The van der Waals surface area contributed by atoms with Crippen molar-refractivity contribution in [1.29, 1.82) is 0 Å². The number of rotatable bonds is 3. The van der Waals surface area contributed by atoms with E-state index >= 15 is 0 Å². The van der Waals surface area contributed by atoms with E-state index in [2.05, 4.69) is 15.0 Å². The highest BCUT2D eigenvalue weighted by Crippen LogP contribution is 2.28. The molecule has 8 heteroatoms. The molecule has 1 amide bonds. The van der Waals surface area contributed by atoms with Crippen molar-refractivity contribution >= 4 is 5.91 Å². The molecule has 0 aliphatic carbocycles. The first-order valence-corrected chi connectivity index (χ1v) is 6.06. The first kappa shape index (κ1) is 15.0. The molecule has 2 rings (SSSR count). The lowest BCUT2D eigenvalue weighted by molar-refractivity contribution is -0.141. The van der Waals surface area contributed by atoms with Crippen LogP contribution in [0.15, 0.2) is 24.7 Å². The Morgan fingerprint density at radius 1 is 1.38 bits per heavy atom. The van der Waals surface area contributed by atoms with Crippen LogP contribution in [-0.4, -0.2) is 32.8 Å². The number of alkyl halides is 3. The number of hydrogen-bond acceptors (Lipinski definition) is 3. The molecule has 0 saturated heterocycles. The van der Waals surface area contributed by atoms with E-state index in [1.165, 1.54) is 18.2 Å². The second-order valence-corrected chi connectivity index (χ2v) is 4.57. The van der Waals surface area contributed by atoms with Crippen LogP contribution in [0.1, 0.15) is 27.4 Å².